The van der Waals surface area contributed by atoms with Gasteiger partial charge in [0.25, 0.3) is 0 Å². The van der Waals surface area contributed by atoms with E-state index in [1.165, 1.54) is 18.4 Å². The molecule has 0 radical (unpaired) electrons. The highest BCUT2D eigenvalue weighted by Gasteiger charge is 2.21. The van der Waals surface area contributed by atoms with Gasteiger partial charge in [-0.1, -0.05) is 25.0 Å². The van der Waals surface area contributed by atoms with Crippen LogP contribution in [0.2, 0.25) is 0 Å². The Morgan fingerprint density at radius 3 is 2.89 bits per heavy atom. The van der Waals surface area contributed by atoms with Gasteiger partial charge >= 0.3 is 0 Å². The lowest BCUT2D eigenvalue weighted by Crippen LogP contribution is -2.30. The zero-order valence-corrected chi connectivity index (χ0v) is 10.9. The zero-order chi connectivity index (χ0) is 12.8. The van der Waals surface area contributed by atoms with E-state index in [0.717, 1.165) is 25.0 Å². The molecule has 2 rings (SSSR count). The van der Waals surface area contributed by atoms with Crippen molar-refractivity contribution in [3.05, 3.63) is 29.8 Å². The van der Waals surface area contributed by atoms with Crippen LogP contribution in [0.4, 0.5) is 0 Å². The molecule has 1 amide bonds. The fourth-order valence-corrected chi connectivity index (χ4v) is 2.49. The summed E-state index contributed by atoms with van der Waals surface area (Å²) in [6, 6.07) is 7.99. The molecular weight excluding hydrogens is 226 g/mol. The van der Waals surface area contributed by atoms with Crippen LogP contribution in [0, 0.1) is 5.92 Å². The summed E-state index contributed by atoms with van der Waals surface area (Å²) in [5, 5.41) is 3.03. The molecule has 0 atom stereocenters. The van der Waals surface area contributed by atoms with Crippen molar-refractivity contribution in [2.45, 2.75) is 32.1 Å². The average molecular weight is 247 g/mol. The van der Waals surface area contributed by atoms with Crippen LogP contribution in [0.25, 0.3) is 0 Å². The Balaban J connectivity index is 1.75. The van der Waals surface area contributed by atoms with Gasteiger partial charge in [0.1, 0.15) is 5.75 Å². The molecule has 1 aliphatic rings. The van der Waals surface area contributed by atoms with E-state index in [1.54, 1.807) is 7.11 Å². The molecule has 0 spiro atoms. The summed E-state index contributed by atoms with van der Waals surface area (Å²) in [6.45, 7) is 0.711. The predicted octanol–water partition coefficient (Wildman–Crippen LogP) is 2.54. The van der Waals surface area contributed by atoms with Crippen LogP contribution in [0.3, 0.4) is 0 Å². The van der Waals surface area contributed by atoms with Crippen LogP contribution < -0.4 is 10.1 Å². The molecule has 1 aromatic rings. The van der Waals surface area contributed by atoms with Gasteiger partial charge in [0.2, 0.25) is 5.91 Å². The number of carbonyl (C=O) groups excluding carboxylic acids is 1. The monoisotopic (exact) mass is 247 g/mol. The van der Waals surface area contributed by atoms with Crippen LogP contribution in [0.1, 0.15) is 31.2 Å². The Kier molecular flexibility index (Phi) is 4.62. The third-order valence-electron chi connectivity index (χ3n) is 3.57. The number of rotatable bonds is 5. The second-order valence-electron chi connectivity index (χ2n) is 4.87. The molecular formula is C15H21NO2. The Labute approximate surface area is 109 Å². The van der Waals surface area contributed by atoms with E-state index in [1.807, 2.05) is 18.2 Å². The molecule has 0 heterocycles. The van der Waals surface area contributed by atoms with E-state index in [2.05, 4.69) is 11.4 Å². The number of hydrogen-bond donors (Lipinski definition) is 1. The van der Waals surface area contributed by atoms with E-state index >= 15 is 0 Å². The zero-order valence-electron chi connectivity index (χ0n) is 10.9. The molecule has 1 saturated carbocycles. The third kappa shape index (κ3) is 3.49. The van der Waals surface area contributed by atoms with Crippen molar-refractivity contribution in [1.29, 1.82) is 0 Å². The van der Waals surface area contributed by atoms with Crippen LogP contribution in [-0.2, 0) is 11.2 Å². The van der Waals surface area contributed by atoms with E-state index in [9.17, 15) is 4.79 Å². The minimum absolute atomic E-state index is 0.232. The maximum absolute atomic E-state index is 11.8. The fourth-order valence-electron chi connectivity index (χ4n) is 2.49. The molecule has 3 nitrogen and oxygen atoms in total. The maximum Gasteiger partial charge on any atom is 0.223 e. The normalized spacial score (nSPS) is 15.6. The summed E-state index contributed by atoms with van der Waals surface area (Å²) in [4.78, 5) is 11.8. The third-order valence-corrected chi connectivity index (χ3v) is 3.57. The van der Waals surface area contributed by atoms with Crippen LogP contribution in [-0.4, -0.2) is 19.6 Å². The molecule has 1 aromatic carbocycles. The SMILES string of the molecule is COc1cccc(CCNC(=O)C2CCCC2)c1. The number of carbonyl (C=O) groups is 1. The van der Waals surface area contributed by atoms with Crippen molar-refractivity contribution >= 4 is 5.91 Å². The molecule has 0 aromatic heterocycles. The highest BCUT2D eigenvalue weighted by atomic mass is 16.5. The van der Waals surface area contributed by atoms with E-state index in [0.29, 0.717) is 6.54 Å². The summed E-state index contributed by atoms with van der Waals surface area (Å²) < 4.78 is 5.18. The van der Waals surface area contributed by atoms with Crippen LogP contribution in [0.15, 0.2) is 24.3 Å². The van der Waals surface area contributed by atoms with Gasteiger partial charge in [-0.3, -0.25) is 4.79 Å². The van der Waals surface area contributed by atoms with Gasteiger partial charge in [0.05, 0.1) is 7.11 Å². The largest absolute Gasteiger partial charge is 0.497 e. The highest BCUT2D eigenvalue weighted by molar-refractivity contribution is 5.78. The molecule has 0 aliphatic heterocycles. The molecule has 0 bridgehead atoms. The number of ether oxygens (including phenoxy) is 1. The lowest BCUT2D eigenvalue weighted by atomic mass is 10.1. The molecule has 1 fully saturated rings. The minimum atomic E-state index is 0.232. The van der Waals surface area contributed by atoms with Crippen LogP contribution in [0.5, 0.6) is 5.75 Å². The van der Waals surface area contributed by atoms with Crippen molar-refractivity contribution < 1.29 is 9.53 Å². The fraction of sp³-hybridized carbons (Fsp3) is 0.533. The van der Waals surface area contributed by atoms with Crippen molar-refractivity contribution in [3.8, 4) is 5.75 Å². The van der Waals surface area contributed by atoms with Gasteiger partial charge < -0.3 is 10.1 Å². The first-order chi connectivity index (χ1) is 8.79. The maximum atomic E-state index is 11.8. The van der Waals surface area contributed by atoms with E-state index in [-0.39, 0.29) is 11.8 Å². The number of amides is 1. The van der Waals surface area contributed by atoms with Gasteiger partial charge in [-0.2, -0.15) is 0 Å². The smallest absolute Gasteiger partial charge is 0.223 e. The van der Waals surface area contributed by atoms with Gasteiger partial charge in [0.15, 0.2) is 0 Å². The quantitative estimate of drug-likeness (QED) is 0.868. The van der Waals surface area contributed by atoms with Crippen molar-refractivity contribution in [3.63, 3.8) is 0 Å². The molecule has 1 N–H and O–H groups in total. The second-order valence-corrected chi connectivity index (χ2v) is 4.87. The molecule has 1 aliphatic carbocycles. The molecule has 3 heteroatoms. The van der Waals surface area contributed by atoms with Crippen molar-refractivity contribution in [2.75, 3.05) is 13.7 Å². The van der Waals surface area contributed by atoms with Gasteiger partial charge in [0, 0.05) is 12.5 Å². The Bertz CT molecular complexity index is 397. The molecule has 0 saturated heterocycles. The number of benzene rings is 1. The van der Waals surface area contributed by atoms with Gasteiger partial charge in [-0.05, 0) is 37.0 Å². The highest BCUT2D eigenvalue weighted by Crippen LogP contribution is 2.24. The summed E-state index contributed by atoms with van der Waals surface area (Å²) in [7, 11) is 1.67. The number of nitrogens with one attached hydrogen (secondary N) is 1. The lowest BCUT2D eigenvalue weighted by molar-refractivity contribution is -0.124. The van der Waals surface area contributed by atoms with E-state index in [4.69, 9.17) is 4.74 Å². The molecule has 18 heavy (non-hydrogen) atoms. The minimum Gasteiger partial charge on any atom is -0.497 e. The van der Waals surface area contributed by atoms with Crippen molar-refractivity contribution in [2.24, 2.45) is 5.92 Å². The standard InChI is InChI=1S/C15H21NO2/c1-18-14-8-4-5-12(11-14)9-10-16-15(17)13-6-2-3-7-13/h4-5,8,11,13H,2-3,6-7,9-10H2,1H3,(H,16,17). The lowest BCUT2D eigenvalue weighted by Gasteiger charge is -2.10. The predicted molar refractivity (Wildman–Crippen MR) is 71.7 cm³/mol. The van der Waals surface area contributed by atoms with Gasteiger partial charge in [-0.25, -0.2) is 0 Å². The first kappa shape index (κ1) is 12.9. The second kappa shape index (κ2) is 6.43. The first-order valence-electron chi connectivity index (χ1n) is 6.70. The Hall–Kier alpha value is -1.51. The van der Waals surface area contributed by atoms with Gasteiger partial charge in [-0.15, -0.1) is 0 Å². The summed E-state index contributed by atoms with van der Waals surface area (Å²) in [5.41, 5.74) is 1.20. The number of methoxy groups -OCH3 is 1. The summed E-state index contributed by atoms with van der Waals surface area (Å²) in [6.07, 6.45) is 5.38. The summed E-state index contributed by atoms with van der Waals surface area (Å²) in [5.74, 6) is 1.36. The molecule has 98 valence electrons. The topological polar surface area (TPSA) is 38.3 Å². The van der Waals surface area contributed by atoms with E-state index < -0.39 is 0 Å². The number of hydrogen-bond acceptors (Lipinski definition) is 2. The average Bonchev–Trinajstić information content (AvgIpc) is 2.93. The first-order valence-corrected chi connectivity index (χ1v) is 6.70. The Morgan fingerprint density at radius 1 is 1.39 bits per heavy atom. The van der Waals surface area contributed by atoms with Crippen molar-refractivity contribution in [1.82, 2.24) is 5.32 Å². The molecule has 0 unspecified atom stereocenters. The van der Waals surface area contributed by atoms with Crippen LogP contribution >= 0.6 is 0 Å². The summed E-state index contributed by atoms with van der Waals surface area (Å²) >= 11 is 0. The Morgan fingerprint density at radius 2 is 2.17 bits per heavy atom.